The van der Waals surface area contributed by atoms with Gasteiger partial charge in [0.2, 0.25) is 42.2 Å². The van der Waals surface area contributed by atoms with Gasteiger partial charge in [0.05, 0.1) is 6.42 Å². The Morgan fingerprint density at radius 2 is 1.51 bits per heavy atom. The van der Waals surface area contributed by atoms with Crippen LogP contribution in [-0.2, 0) is 51.1 Å². The summed E-state index contributed by atoms with van der Waals surface area (Å²) in [5.74, 6) is -5.65. The first kappa shape index (κ1) is 41.4. The first-order chi connectivity index (χ1) is 28.2. The summed E-state index contributed by atoms with van der Waals surface area (Å²) in [6, 6.07) is 0.530. The van der Waals surface area contributed by atoms with E-state index < -0.39 is 102 Å². The number of hydrogen-bond donors (Lipinski definition) is 3. The van der Waals surface area contributed by atoms with Crippen LogP contribution in [-0.4, -0.2) is 125 Å². The molecular weight excluding hydrogens is 774 g/mol. The molecule has 16 nitrogen and oxygen atoms in total. The summed E-state index contributed by atoms with van der Waals surface area (Å²) >= 11 is 0. The van der Waals surface area contributed by atoms with Gasteiger partial charge >= 0.3 is 5.97 Å². The van der Waals surface area contributed by atoms with Crippen LogP contribution in [0.25, 0.3) is 0 Å². The molecule has 2 aromatic rings. The second-order valence-electron chi connectivity index (χ2n) is 16.0. The third-order valence-corrected chi connectivity index (χ3v) is 11.5. The van der Waals surface area contributed by atoms with E-state index in [9.17, 15) is 42.3 Å². The molecule has 7 atom stereocenters. The van der Waals surface area contributed by atoms with Crippen LogP contribution in [0.3, 0.4) is 0 Å². The number of carbonyl (C=O) groups is 7. The van der Waals surface area contributed by atoms with Crippen molar-refractivity contribution in [1.82, 2.24) is 30.7 Å². The molecular formula is C41H48F2N6O10. The summed E-state index contributed by atoms with van der Waals surface area (Å²) in [7, 11) is 0. The molecule has 7 rings (SSSR count). The third-order valence-electron chi connectivity index (χ3n) is 11.5. The number of cyclic esters (lactones) is 1. The summed E-state index contributed by atoms with van der Waals surface area (Å²) in [6.45, 7) is 3.29. The van der Waals surface area contributed by atoms with E-state index in [2.05, 4.69) is 16.0 Å². The average molecular weight is 823 g/mol. The van der Waals surface area contributed by atoms with E-state index in [1.54, 1.807) is 18.2 Å². The number of benzene rings is 2. The number of halogens is 2. The minimum absolute atomic E-state index is 0.0181. The number of nitrogens with one attached hydrogen (secondary N) is 3. The number of nitrogens with zero attached hydrogens (tertiary/aromatic N) is 3. The Balaban J connectivity index is 1.18. The molecule has 0 bridgehead atoms. The van der Waals surface area contributed by atoms with Crippen LogP contribution < -0.4 is 25.4 Å². The highest BCUT2D eigenvalue weighted by Gasteiger charge is 2.46. The van der Waals surface area contributed by atoms with Crippen LogP contribution in [0.4, 0.5) is 8.78 Å². The predicted molar refractivity (Wildman–Crippen MR) is 202 cm³/mol. The van der Waals surface area contributed by atoms with E-state index in [4.69, 9.17) is 14.2 Å². The topological polar surface area (TPSA) is 193 Å². The number of fused-ring (bicyclic) bond motifs is 4. The average Bonchev–Trinajstić information content (AvgIpc) is 3.97. The predicted octanol–water partition coefficient (Wildman–Crippen LogP) is 1.12. The molecule has 0 radical (unpaired) electrons. The van der Waals surface area contributed by atoms with Crippen molar-refractivity contribution in [1.29, 1.82) is 0 Å². The maximum atomic E-state index is 14.5. The molecule has 0 aliphatic carbocycles. The second kappa shape index (κ2) is 17.6. The number of hydrogen-bond acceptors (Lipinski definition) is 10. The molecule has 0 aromatic heterocycles. The van der Waals surface area contributed by atoms with Crippen LogP contribution in [0.1, 0.15) is 63.5 Å². The first-order valence-corrected chi connectivity index (χ1v) is 20.1. The van der Waals surface area contributed by atoms with E-state index >= 15 is 0 Å². The van der Waals surface area contributed by atoms with Crippen molar-refractivity contribution in [3.8, 4) is 11.5 Å². The van der Waals surface area contributed by atoms with Crippen molar-refractivity contribution in [3.63, 3.8) is 0 Å². The fourth-order valence-electron chi connectivity index (χ4n) is 8.64. The summed E-state index contributed by atoms with van der Waals surface area (Å²) < 4.78 is 45.1. The van der Waals surface area contributed by atoms with Crippen molar-refractivity contribution in [2.45, 2.75) is 101 Å². The quantitative estimate of drug-likeness (QED) is 0.341. The highest BCUT2D eigenvalue weighted by molar-refractivity contribution is 5.98. The molecule has 3 N–H and O–H groups in total. The molecule has 4 saturated heterocycles. The van der Waals surface area contributed by atoms with E-state index in [0.717, 1.165) is 12.1 Å². The normalized spacial score (nSPS) is 26.7. The van der Waals surface area contributed by atoms with Gasteiger partial charge in [-0.15, -0.1) is 0 Å². The van der Waals surface area contributed by atoms with Crippen LogP contribution in [0.5, 0.6) is 11.5 Å². The molecule has 5 aliphatic rings. The van der Waals surface area contributed by atoms with Gasteiger partial charge in [-0.05, 0) is 86.8 Å². The lowest BCUT2D eigenvalue weighted by molar-refractivity contribution is -0.158. The molecule has 316 valence electrons. The lowest BCUT2D eigenvalue weighted by Crippen LogP contribution is -2.62. The summed E-state index contributed by atoms with van der Waals surface area (Å²) in [5, 5.41) is 7.98. The van der Waals surface area contributed by atoms with Gasteiger partial charge in [-0.25, -0.2) is 13.6 Å². The summed E-state index contributed by atoms with van der Waals surface area (Å²) in [5.41, 5.74) is 0.546. The zero-order valence-corrected chi connectivity index (χ0v) is 32.9. The minimum atomic E-state index is -1.59. The molecule has 2 aromatic carbocycles. The number of rotatable bonds is 7. The van der Waals surface area contributed by atoms with Crippen LogP contribution in [0, 0.1) is 17.6 Å². The molecule has 5 aliphatic heterocycles. The van der Waals surface area contributed by atoms with E-state index in [0.29, 0.717) is 48.8 Å². The molecule has 5 heterocycles. The number of piperidine rings is 1. The monoisotopic (exact) mass is 822 g/mol. The number of esters is 1. The van der Waals surface area contributed by atoms with Crippen LogP contribution in [0.2, 0.25) is 0 Å². The van der Waals surface area contributed by atoms with Crippen LogP contribution >= 0.6 is 0 Å². The van der Waals surface area contributed by atoms with Gasteiger partial charge in [0.1, 0.15) is 54.5 Å². The molecule has 18 heteroatoms. The van der Waals surface area contributed by atoms with Gasteiger partial charge in [0.15, 0.2) is 11.5 Å². The van der Waals surface area contributed by atoms with Gasteiger partial charge in [-0.3, -0.25) is 28.8 Å². The van der Waals surface area contributed by atoms with Crippen molar-refractivity contribution in [2.75, 3.05) is 33.0 Å². The fraction of sp³-hybridized carbons (Fsp3) is 0.537. The molecule has 0 saturated carbocycles. The maximum Gasteiger partial charge on any atom is 0.328 e. The van der Waals surface area contributed by atoms with E-state index in [1.807, 2.05) is 6.92 Å². The Bertz CT molecular complexity index is 2000. The second-order valence-corrected chi connectivity index (χ2v) is 16.0. The smallest absolute Gasteiger partial charge is 0.328 e. The van der Waals surface area contributed by atoms with Crippen molar-refractivity contribution < 1.29 is 56.6 Å². The number of amides is 6. The fourth-order valence-corrected chi connectivity index (χ4v) is 8.64. The highest BCUT2D eigenvalue weighted by Crippen LogP contribution is 2.33. The van der Waals surface area contributed by atoms with Gasteiger partial charge in [0.25, 0.3) is 0 Å². The maximum absolute atomic E-state index is 14.5. The SMILES string of the molecule is C[C@@H]1C[C@H]2C(=O)OC[C@H](NC(=O)[C@H](Cc3cc(F)cc(F)c3)NC(=O)Cc3ccc4c(c3)OCO4)C(=O)N3CCC[C@H]3C(=O)N3CCCC[C@H]3C(=O)N[C@@H](C)C(=O)N2C1. The Kier molecular flexibility index (Phi) is 12.3. The Morgan fingerprint density at radius 3 is 2.29 bits per heavy atom. The molecule has 59 heavy (non-hydrogen) atoms. The lowest BCUT2D eigenvalue weighted by atomic mass is 9.99. The van der Waals surface area contributed by atoms with Gasteiger partial charge in [0, 0.05) is 32.1 Å². The molecule has 0 spiro atoms. The molecule has 6 amide bonds. The molecule has 4 fully saturated rings. The Morgan fingerprint density at radius 1 is 0.797 bits per heavy atom. The van der Waals surface area contributed by atoms with Gasteiger partial charge in [-0.2, -0.15) is 0 Å². The lowest BCUT2D eigenvalue weighted by Gasteiger charge is -2.39. The third kappa shape index (κ3) is 9.25. The first-order valence-electron chi connectivity index (χ1n) is 20.1. The number of ether oxygens (including phenoxy) is 3. The summed E-state index contributed by atoms with van der Waals surface area (Å²) in [6.07, 6.45) is 1.97. The van der Waals surface area contributed by atoms with E-state index in [1.165, 1.54) is 21.6 Å². The van der Waals surface area contributed by atoms with Crippen molar-refractivity contribution >= 4 is 41.4 Å². The summed E-state index contributed by atoms with van der Waals surface area (Å²) in [4.78, 5) is 102. The number of carbonyl (C=O) groups excluding carboxylic acids is 7. The zero-order chi connectivity index (χ0) is 42.0. The van der Waals surface area contributed by atoms with Crippen LogP contribution in [0.15, 0.2) is 36.4 Å². The standard InChI is InChI=1S/C41H48F2N6O10/c1-22-12-32-41(56)57-20-29(39(54)48-11-5-7-31(48)40(55)47-10-4-3-6-30(47)37(52)44-23(2)38(53)49(32)19-22)46-36(51)28(15-25-13-26(42)18-27(43)14-25)45-35(50)17-24-8-9-33-34(16-24)59-21-58-33/h8-9,13-14,16,18,22-23,28-32H,3-7,10-12,15,17,19-21H2,1-2H3,(H,44,52)(H,45,50)(H,46,51)/t22-,23+,28+,29+,30+,31+,32+/m1/s1. The van der Waals surface area contributed by atoms with E-state index in [-0.39, 0.29) is 57.2 Å². The highest BCUT2D eigenvalue weighted by atomic mass is 19.1. The van der Waals surface area contributed by atoms with Gasteiger partial charge < -0.3 is 44.9 Å². The van der Waals surface area contributed by atoms with Crippen molar-refractivity contribution in [3.05, 3.63) is 59.2 Å². The molecule has 0 unspecified atom stereocenters. The van der Waals surface area contributed by atoms with Gasteiger partial charge in [-0.1, -0.05) is 13.0 Å². The Hall–Kier alpha value is -5.81. The minimum Gasteiger partial charge on any atom is -0.461 e. The van der Waals surface area contributed by atoms with Crippen molar-refractivity contribution in [2.24, 2.45) is 5.92 Å². The zero-order valence-electron chi connectivity index (χ0n) is 32.9. The Labute approximate surface area is 339 Å². The largest absolute Gasteiger partial charge is 0.461 e.